The standard InChI is InChI=1S/C12H19NO4S/c1-3-16-11(8-13)9-17-10-5-4-6-12(7-10)18(2,14)15/h4-7,11H,3,8-9,13H2,1-2H3. The Morgan fingerprint density at radius 3 is 2.67 bits per heavy atom. The second kappa shape index (κ2) is 6.72. The molecule has 1 aromatic carbocycles. The van der Waals surface area contributed by atoms with Crippen molar-refractivity contribution in [2.75, 3.05) is 26.0 Å². The molecular weight excluding hydrogens is 254 g/mol. The largest absolute Gasteiger partial charge is 0.491 e. The Morgan fingerprint density at radius 1 is 1.39 bits per heavy atom. The summed E-state index contributed by atoms with van der Waals surface area (Å²) in [5.74, 6) is 0.496. The summed E-state index contributed by atoms with van der Waals surface area (Å²) in [6.45, 7) is 3.11. The Morgan fingerprint density at radius 2 is 2.11 bits per heavy atom. The van der Waals surface area contributed by atoms with Crippen LogP contribution < -0.4 is 10.5 Å². The van der Waals surface area contributed by atoms with E-state index in [-0.39, 0.29) is 11.0 Å². The molecule has 0 aliphatic heterocycles. The summed E-state index contributed by atoms with van der Waals surface area (Å²) in [6.07, 6.45) is 0.978. The van der Waals surface area contributed by atoms with Crippen LogP contribution in [0, 0.1) is 0 Å². The predicted molar refractivity (Wildman–Crippen MR) is 69.5 cm³/mol. The highest BCUT2D eigenvalue weighted by Gasteiger charge is 2.10. The molecule has 0 aliphatic rings. The molecule has 1 rings (SSSR count). The van der Waals surface area contributed by atoms with Crippen LogP contribution >= 0.6 is 0 Å². The van der Waals surface area contributed by atoms with E-state index in [1.165, 1.54) is 12.1 Å². The van der Waals surface area contributed by atoms with Crippen molar-refractivity contribution in [3.8, 4) is 5.75 Å². The molecule has 0 radical (unpaired) electrons. The van der Waals surface area contributed by atoms with Crippen LogP contribution in [0.5, 0.6) is 5.75 Å². The zero-order valence-electron chi connectivity index (χ0n) is 10.6. The summed E-state index contributed by atoms with van der Waals surface area (Å²) >= 11 is 0. The molecule has 2 N–H and O–H groups in total. The maximum absolute atomic E-state index is 11.4. The third kappa shape index (κ3) is 4.64. The minimum absolute atomic E-state index is 0.183. The minimum Gasteiger partial charge on any atom is -0.491 e. The Balaban J connectivity index is 2.68. The number of rotatable bonds is 7. The van der Waals surface area contributed by atoms with Crippen molar-refractivity contribution < 1.29 is 17.9 Å². The van der Waals surface area contributed by atoms with Gasteiger partial charge in [0.25, 0.3) is 0 Å². The first-order valence-electron chi connectivity index (χ1n) is 5.72. The topological polar surface area (TPSA) is 78.6 Å². The molecule has 0 saturated heterocycles. The Kier molecular flexibility index (Phi) is 5.58. The molecule has 0 saturated carbocycles. The molecule has 0 aliphatic carbocycles. The van der Waals surface area contributed by atoms with Gasteiger partial charge in [-0.25, -0.2) is 8.42 Å². The van der Waals surface area contributed by atoms with E-state index >= 15 is 0 Å². The highest BCUT2D eigenvalue weighted by atomic mass is 32.2. The van der Waals surface area contributed by atoms with E-state index in [1.807, 2.05) is 6.92 Å². The van der Waals surface area contributed by atoms with Crippen LogP contribution in [0.1, 0.15) is 6.92 Å². The Hall–Kier alpha value is -1.11. The van der Waals surface area contributed by atoms with E-state index in [2.05, 4.69) is 0 Å². The van der Waals surface area contributed by atoms with Gasteiger partial charge in [0, 0.05) is 19.4 Å². The second-order valence-corrected chi connectivity index (χ2v) is 5.89. The van der Waals surface area contributed by atoms with Crippen molar-refractivity contribution in [3.63, 3.8) is 0 Å². The normalized spacial score (nSPS) is 13.3. The molecule has 18 heavy (non-hydrogen) atoms. The van der Waals surface area contributed by atoms with Crippen molar-refractivity contribution in [3.05, 3.63) is 24.3 Å². The molecule has 6 heteroatoms. The molecule has 0 spiro atoms. The Bertz CT molecular complexity index is 473. The quantitative estimate of drug-likeness (QED) is 0.796. The molecular formula is C12H19NO4S. The maximum Gasteiger partial charge on any atom is 0.175 e. The summed E-state index contributed by atoms with van der Waals surface area (Å²) in [4.78, 5) is 0.237. The molecule has 0 fully saturated rings. The third-order valence-corrected chi connectivity index (χ3v) is 3.45. The SMILES string of the molecule is CCOC(CN)COc1cccc(S(C)(=O)=O)c1. The van der Waals surface area contributed by atoms with Crippen molar-refractivity contribution in [1.82, 2.24) is 0 Å². The van der Waals surface area contributed by atoms with Gasteiger partial charge < -0.3 is 15.2 Å². The van der Waals surface area contributed by atoms with Crippen LogP contribution in [0.4, 0.5) is 0 Å². The summed E-state index contributed by atoms with van der Waals surface area (Å²) in [6, 6.07) is 6.37. The van der Waals surface area contributed by atoms with E-state index < -0.39 is 9.84 Å². The highest BCUT2D eigenvalue weighted by molar-refractivity contribution is 7.90. The van der Waals surface area contributed by atoms with Crippen LogP contribution in [0.2, 0.25) is 0 Å². The molecule has 0 amide bonds. The molecule has 1 aromatic rings. The maximum atomic E-state index is 11.4. The average molecular weight is 273 g/mol. The molecule has 0 bridgehead atoms. The van der Waals surface area contributed by atoms with Gasteiger partial charge in [-0.3, -0.25) is 0 Å². The van der Waals surface area contributed by atoms with Gasteiger partial charge in [0.15, 0.2) is 9.84 Å². The van der Waals surface area contributed by atoms with Crippen LogP contribution in [-0.4, -0.2) is 40.5 Å². The lowest BCUT2D eigenvalue weighted by atomic mass is 10.3. The van der Waals surface area contributed by atoms with Gasteiger partial charge in [-0.1, -0.05) is 6.07 Å². The number of ether oxygens (including phenoxy) is 2. The molecule has 1 atom stereocenters. The zero-order chi connectivity index (χ0) is 13.6. The van der Waals surface area contributed by atoms with Crippen molar-refractivity contribution in [1.29, 1.82) is 0 Å². The number of hydrogen-bond acceptors (Lipinski definition) is 5. The lowest BCUT2D eigenvalue weighted by Gasteiger charge is -2.15. The van der Waals surface area contributed by atoms with Crippen molar-refractivity contribution in [2.24, 2.45) is 5.73 Å². The first-order chi connectivity index (χ1) is 8.47. The summed E-state index contributed by atoms with van der Waals surface area (Å²) in [5, 5.41) is 0. The molecule has 5 nitrogen and oxygen atoms in total. The van der Waals surface area contributed by atoms with Gasteiger partial charge in [0.2, 0.25) is 0 Å². The van der Waals surface area contributed by atoms with Crippen LogP contribution in [-0.2, 0) is 14.6 Å². The van der Waals surface area contributed by atoms with Gasteiger partial charge in [0.1, 0.15) is 18.5 Å². The van der Waals surface area contributed by atoms with Gasteiger partial charge in [-0.05, 0) is 25.1 Å². The first-order valence-corrected chi connectivity index (χ1v) is 7.61. The number of benzene rings is 1. The van der Waals surface area contributed by atoms with E-state index in [4.69, 9.17) is 15.2 Å². The van der Waals surface area contributed by atoms with Crippen LogP contribution in [0.25, 0.3) is 0 Å². The fourth-order valence-corrected chi connectivity index (χ4v) is 2.06. The smallest absolute Gasteiger partial charge is 0.175 e. The van der Waals surface area contributed by atoms with Crippen LogP contribution in [0.15, 0.2) is 29.2 Å². The van der Waals surface area contributed by atoms with E-state index in [0.717, 1.165) is 6.26 Å². The highest BCUT2D eigenvalue weighted by Crippen LogP contribution is 2.17. The lowest BCUT2D eigenvalue weighted by molar-refractivity contribution is 0.0336. The second-order valence-electron chi connectivity index (χ2n) is 3.87. The van der Waals surface area contributed by atoms with Gasteiger partial charge in [-0.2, -0.15) is 0 Å². The fraction of sp³-hybridized carbons (Fsp3) is 0.500. The number of sulfone groups is 1. The summed E-state index contributed by atoms with van der Waals surface area (Å²) in [5.41, 5.74) is 5.52. The molecule has 1 unspecified atom stereocenters. The summed E-state index contributed by atoms with van der Waals surface area (Å²) in [7, 11) is -3.22. The minimum atomic E-state index is -3.22. The van der Waals surface area contributed by atoms with Gasteiger partial charge in [0.05, 0.1) is 4.90 Å². The van der Waals surface area contributed by atoms with Crippen molar-refractivity contribution >= 4 is 9.84 Å². The Labute approximate surface area is 108 Å². The van der Waals surface area contributed by atoms with Gasteiger partial charge in [-0.15, -0.1) is 0 Å². The summed E-state index contributed by atoms with van der Waals surface area (Å²) < 4.78 is 33.6. The van der Waals surface area contributed by atoms with Gasteiger partial charge >= 0.3 is 0 Å². The first kappa shape index (κ1) is 14.9. The number of nitrogens with two attached hydrogens (primary N) is 1. The monoisotopic (exact) mass is 273 g/mol. The zero-order valence-corrected chi connectivity index (χ0v) is 11.4. The third-order valence-electron chi connectivity index (χ3n) is 2.33. The molecule has 0 aromatic heterocycles. The molecule has 0 heterocycles. The fourth-order valence-electron chi connectivity index (χ4n) is 1.40. The van der Waals surface area contributed by atoms with Crippen LogP contribution in [0.3, 0.4) is 0 Å². The number of hydrogen-bond donors (Lipinski definition) is 1. The van der Waals surface area contributed by atoms with E-state index in [1.54, 1.807) is 12.1 Å². The molecule has 102 valence electrons. The van der Waals surface area contributed by atoms with E-state index in [0.29, 0.717) is 25.5 Å². The average Bonchev–Trinajstić information content (AvgIpc) is 2.34. The lowest BCUT2D eigenvalue weighted by Crippen LogP contribution is -2.30. The van der Waals surface area contributed by atoms with Crippen molar-refractivity contribution in [2.45, 2.75) is 17.9 Å². The predicted octanol–water partition coefficient (Wildman–Crippen LogP) is 0.833. The van der Waals surface area contributed by atoms with E-state index in [9.17, 15) is 8.42 Å².